The first-order valence-corrected chi connectivity index (χ1v) is 8.26. The number of hydrogen-bond acceptors (Lipinski definition) is 4. The van der Waals surface area contributed by atoms with Crippen molar-refractivity contribution < 1.29 is 9.72 Å². The number of amides is 1. The third kappa shape index (κ3) is 4.35. The summed E-state index contributed by atoms with van der Waals surface area (Å²) < 4.78 is -0.0526. The molecule has 1 rings (SSSR count). The van der Waals surface area contributed by atoms with Gasteiger partial charge in [-0.15, -0.1) is 0 Å². The topological polar surface area (TPSA) is 72.2 Å². The number of rotatable bonds is 7. The van der Waals surface area contributed by atoms with Crippen LogP contribution in [-0.4, -0.2) is 28.4 Å². The summed E-state index contributed by atoms with van der Waals surface area (Å²) in [6.45, 7) is 4.59. The Balaban J connectivity index is 2.95. The second-order valence-electron chi connectivity index (χ2n) is 4.70. The standard InChI is InChI=1S/C14H19ClN2O3S/c1-4-14(5-2,21-3)9-16-13(18)11-8-10(15)6-7-12(11)17(19)20/h6-8H,4-5,9H2,1-3H3,(H,16,18). The van der Waals surface area contributed by atoms with Crippen molar-refractivity contribution in [1.82, 2.24) is 5.32 Å². The second-order valence-corrected chi connectivity index (χ2v) is 6.41. The molecule has 116 valence electrons. The molecule has 0 bridgehead atoms. The van der Waals surface area contributed by atoms with Gasteiger partial charge in [0.05, 0.1) is 4.92 Å². The third-order valence-corrected chi connectivity index (χ3v) is 5.52. The van der Waals surface area contributed by atoms with Crippen LogP contribution in [0.4, 0.5) is 5.69 Å². The van der Waals surface area contributed by atoms with Crippen molar-refractivity contribution >= 4 is 35.0 Å². The molecule has 0 saturated carbocycles. The minimum absolute atomic E-state index is 0.00490. The minimum Gasteiger partial charge on any atom is -0.350 e. The lowest BCUT2D eigenvalue weighted by atomic mass is 10.0. The van der Waals surface area contributed by atoms with E-state index < -0.39 is 10.8 Å². The van der Waals surface area contributed by atoms with Crippen molar-refractivity contribution in [2.75, 3.05) is 12.8 Å². The first-order chi connectivity index (χ1) is 9.89. The molecule has 0 saturated heterocycles. The Morgan fingerprint density at radius 2 is 2.05 bits per heavy atom. The van der Waals surface area contributed by atoms with Gasteiger partial charge in [0.25, 0.3) is 11.6 Å². The minimum atomic E-state index is -0.577. The molecule has 0 fully saturated rings. The number of benzene rings is 1. The fourth-order valence-electron chi connectivity index (χ4n) is 2.05. The summed E-state index contributed by atoms with van der Waals surface area (Å²) in [5, 5.41) is 14.1. The number of carbonyl (C=O) groups excluding carboxylic acids is 1. The molecule has 1 aromatic carbocycles. The predicted molar refractivity (Wildman–Crippen MR) is 87.3 cm³/mol. The molecule has 0 aromatic heterocycles. The highest BCUT2D eigenvalue weighted by Crippen LogP contribution is 2.30. The summed E-state index contributed by atoms with van der Waals surface area (Å²) in [5.41, 5.74) is -0.241. The molecule has 21 heavy (non-hydrogen) atoms. The Labute approximate surface area is 133 Å². The number of hydrogen-bond donors (Lipinski definition) is 1. The summed E-state index contributed by atoms with van der Waals surface area (Å²) in [7, 11) is 0. The number of nitro benzene ring substituents is 1. The number of nitrogens with zero attached hydrogens (tertiary/aromatic N) is 1. The van der Waals surface area contributed by atoms with Crippen LogP contribution in [0, 0.1) is 10.1 Å². The molecular weight excluding hydrogens is 312 g/mol. The lowest BCUT2D eigenvalue weighted by Crippen LogP contribution is -2.39. The van der Waals surface area contributed by atoms with Crippen molar-refractivity contribution in [3.05, 3.63) is 38.9 Å². The molecule has 1 aromatic rings. The van der Waals surface area contributed by atoms with Gasteiger partial charge in [-0.1, -0.05) is 25.4 Å². The molecule has 0 spiro atoms. The maximum Gasteiger partial charge on any atom is 0.282 e. The fourth-order valence-corrected chi connectivity index (χ4v) is 3.01. The van der Waals surface area contributed by atoms with Gasteiger partial charge in [0.2, 0.25) is 0 Å². The molecule has 7 heteroatoms. The highest BCUT2D eigenvalue weighted by molar-refractivity contribution is 8.00. The quantitative estimate of drug-likeness (QED) is 0.608. The molecule has 0 radical (unpaired) electrons. The molecule has 0 aliphatic carbocycles. The van der Waals surface area contributed by atoms with E-state index in [9.17, 15) is 14.9 Å². The van der Waals surface area contributed by atoms with E-state index in [1.54, 1.807) is 11.8 Å². The Kier molecular flexibility index (Phi) is 6.48. The average Bonchev–Trinajstić information content (AvgIpc) is 2.48. The first kappa shape index (κ1) is 17.8. The zero-order valence-electron chi connectivity index (χ0n) is 12.3. The Morgan fingerprint density at radius 3 is 2.52 bits per heavy atom. The van der Waals surface area contributed by atoms with Crippen molar-refractivity contribution in [2.45, 2.75) is 31.4 Å². The summed E-state index contributed by atoms with van der Waals surface area (Å²) in [6.07, 6.45) is 3.81. The molecule has 0 heterocycles. The van der Waals surface area contributed by atoms with Crippen LogP contribution < -0.4 is 5.32 Å². The zero-order chi connectivity index (χ0) is 16.0. The van der Waals surface area contributed by atoms with E-state index in [-0.39, 0.29) is 16.0 Å². The lowest BCUT2D eigenvalue weighted by Gasteiger charge is -2.29. The molecular formula is C14H19ClN2O3S. The lowest BCUT2D eigenvalue weighted by molar-refractivity contribution is -0.385. The van der Waals surface area contributed by atoms with Crippen molar-refractivity contribution in [3.8, 4) is 0 Å². The summed E-state index contributed by atoms with van der Waals surface area (Å²) in [4.78, 5) is 22.6. The van der Waals surface area contributed by atoms with E-state index in [1.165, 1.54) is 18.2 Å². The maximum absolute atomic E-state index is 12.2. The van der Waals surface area contributed by atoms with Gasteiger partial charge in [-0.05, 0) is 31.2 Å². The number of thioether (sulfide) groups is 1. The monoisotopic (exact) mass is 330 g/mol. The van der Waals surface area contributed by atoms with Crippen LogP contribution in [0.1, 0.15) is 37.0 Å². The zero-order valence-corrected chi connectivity index (χ0v) is 13.9. The highest BCUT2D eigenvalue weighted by Gasteiger charge is 2.27. The van der Waals surface area contributed by atoms with E-state index in [0.717, 1.165) is 12.8 Å². The maximum atomic E-state index is 12.2. The molecule has 0 aliphatic heterocycles. The van der Waals surface area contributed by atoms with E-state index in [4.69, 9.17) is 11.6 Å². The van der Waals surface area contributed by atoms with Crippen molar-refractivity contribution in [1.29, 1.82) is 0 Å². The second kappa shape index (κ2) is 7.66. The van der Waals surface area contributed by atoms with Gasteiger partial charge < -0.3 is 5.32 Å². The van der Waals surface area contributed by atoms with E-state index >= 15 is 0 Å². The van der Waals surface area contributed by atoms with Crippen LogP contribution in [0.3, 0.4) is 0 Å². The third-order valence-electron chi connectivity index (χ3n) is 3.69. The largest absolute Gasteiger partial charge is 0.350 e. The van der Waals surface area contributed by atoms with Gasteiger partial charge in [-0.3, -0.25) is 14.9 Å². The number of halogens is 1. The Hall–Kier alpha value is -1.27. The highest BCUT2D eigenvalue weighted by atomic mass is 35.5. The molecule has 0 atom stereocenters. The summed E-state index contributed by atoms with van der Waals surface area (Å²) >= 11 is 7.52. The average molecular weight is 331 g/mol. The molecule has 1 amide bonds. The van der Waals surface area contributed by atoms with Crippen molar-refractivity contribution in [2.24, 2.45) is 0 Å². The van der Waals surface area contributed by atoms with Crippen molar-refractivity contribution in [3.63, 3.8) is 0 Å². The van der Waals surface area contributed by atoms with Crippen LogP contribution >= 0.6 is 23.4 Å². The number of nitrogens with one attached hydrogen (secondary N) is 1. The summed E-state index contributed by atoms with van der Waals surface area (Å²) in [5.74, 6) is -0.468. The summed E-state index contributed by atoms with van der Waals surface area (Å²) in [6, 6.07) is 3.98. The molecule has 1 N–H and O–H groups in total. The van der Waals surface area contributed by atoms with Gasteiger partial charge in [0.1, 0.15) is 5.56 Å². The number of nitro groups is 1. The van der Waals surface area contributed by atoms with Crippen LogP contribution in [0.2, 0.25) is 5.02 Å². The number of carbonyl (C=O) groups is 1. The first-order valence-electron chi connectivity index (χ1n) is 6.66. The van der Waals surface area contributed by atoms with E-state index in [1.807, 2.05) is 6.26 Å². The van der Waals surface area contributed by atoms with Gasteiger partial charge in [0.15, 0.2) is 0 Å². The molecule has 0 aliphatic rings. The molecule has 5 nitrogen and oxygen atoms in total. The van der Waals surface area contributed by atoms with Crippen LogP contribution in [-0.2, 0) is 0 Å². The van der Waals surface area contributed by atoms with Crippen LogP contribution in [0.5, 0.6) is 0 Å². The normalized spacial score (nSPS) is 11.2. The molecule has 0 unspecified atom stereocenters. The van der Waals surface area contributed by atoms with Crippen LogP contribution in [0.25, 0.3) is 0 Å². The van der Waals surface area contributed by atoms with Gasteiger partial charge in [0, 0.05) is 22.4 Å². The van der Waals surface area contributed by atoms with E-state index in [0.29, 0.717) is 11.6 Å². The fraction of sp³-hybridized carbons (Fsp3) is 0.500. The Bertz CT molecular complexity index is 525. The Morgan fingerprint density at radius 1 is 1.43 bits per heavy atom. The smallest absolute Gasteiger partial charge is 0.282 e. The SMILES string of the molecule is CCC(CC)(CNC(=O)c1cc(Cl)ccc1[N+](=O)[O-])SC. The van der Waals surface area contributed by atoms with Crippen LogP contribution in [0.15, 0.2) is 18.2 Å². The van der Waals surface area contributed by atoms with Gasteiger partial charge in [-0.25, -0.2) is 0 Å². The predicted octanol–water partition coefficient (Wildman–Crippen LogP) is 3.90. The van der Waals surface area contributed by atoms with E-state index in [2.05, 4.69) is 19.2 Å². The van der Waals surface area contributed by atoms with Gasteiger partial charge in [-0.2, -0.15) is 11.8 Å². The van der Waals surface area contributed by atoms with Gasteiger partial charge >= 0.3 is 0 Å².